The Morgan fingerprint density at radius 2 is 2.29 bits per heavy atom. The first kappa shape index (κ1) is 13.1. The molecule has 1 N–H and O–H groups in total. The molecule has 3 atom stereocenters. The third kappa shape index (κ3) is 2.74. The van der Waals surface area contributed by atoms with E-state index in [1.807, 2.05) is 17.9 Å². The molecule has 96 valence electrons. The fraction of sp³-hybridized carbons (Fsp3) is 0.769. The van der Waals surface area contributed by atoms with Crippen molar-refractivity contribution in [2.24, 2.45) is 18.9 Å². The molecule has 0 saturated heterocycles. The largest absolute Gasteiger partial charge is 0.311 e. The van der Waals surface area contributed by atoms with Crippen molar-refractivity contribution in [1.29, 1.82) is 0 Å². The molecule has 1 heterocycles. The minimum atomic E-state index is 0.416. The van der Waals surface area contributed by atoms with E-state index in [2.05, 4.69) is 40.3 Å². The molecule has 17 heavy (non-hydrogen) atoms. The summed E-state index contributed by atoms with van der Waals surface area (Å²) in [5, 5.41) is 7.81. The molecule has 1 aromatic heterocycles. The average molecular weight is 300 g/mol. The van der Waals surface area contributed by atoms with Gasteiger partial charge in [-0.25, -0.2) is 0 Å². The van der Waals surface area contributed by atoms with Crippen LogP contribution in [0.25, 0.3) is 0 Å². The molecule has 1 aromatic rings. The Hall–Kier alpha value is -0.350. The number of halogens is 1. The van der Waals surface area contributed by atoms with Crippen LogP contribution in [0.1, 0.15) is 44.3 Å². The van der Waals surface area contributed by atoms with Crippen molar-refractivity contribution < 1.29 is 0 Å². The second kappa shape index (κ2) is 5.53. The van der Waals surface area contributed by atoms with Gasteiger partial charge >= 0.3 is 0 Å². The molecule has 0 radical (unpaired) electrons. The lowest BCUT2D eigenvalue weighted by Gasteiger charge is -2.33. The topological polar surface area (TPSA) is 29.9 Å². The third-order valence-corrected chi connectivity index (χ3v) is 4.60. The van der Waals surface area contributed by atoms with Gasteiger partial charge in [0.1, 0.15) is 0 Å². The molecule has 3 unspecified atom stereocenters. The van der Waals surface area contributed by atoms with Crippen molar-refractivity contribution >= 4 is 15.9 Å². The summed E-state index contributed by atoms with van der Waals surface area (Å²) in [4.78, 5) is 0. The highest BCUT2D eigenvalue weighted by molar-refractivity contribution is 9.10. The minimum absolute atomic E-state index is 0.416. The van der Waals surface area contributed by atoms with E-state index in [9.17, 15) is 0 Å². The lowest BCUT2D eigenvalue weighted by Crippen LogP contribution is -2.30. The van der Waals surface area contributed by atoms with Crippen LogP contribution in [-0.4, -0.2) is 16.8 Å². The summed E-state index contributed by atoms with van der Waals surface area (Å²) in [5.41, 5.74) is 1.28. The molecule has 1 aliphatic carbocycles. The van der Waals surface area contributed by atoms with Crippen molar-refractivity contribution in [3.63, 3.8) is 0 Å². The highest BCUT2D eigenvalue weighted by Gasteiger charge is 2.29. The van der Waals surface area contributed by atoms with Gasteiger partial charge in [-0.2, -0.15) is 5.10 Å². The number of rotatable bonds is 3. The molecule has 3 nitrogen and oxygen atoms in total. The van der Waals surface area contributed by atoms with E-state index in [1.165, 1.54) is 31.4 Å². The summed E-state index contributed by atoms with van der Waals surface area (Å²) in [6.45, 7) is 2.37. The fourth-order valence-corrected chi connectivity index (χ4v) is 3.74. The second-order valence-electron chi connectivity index (χ2n) is 5.30. The number of hydrogen-bond donors (Lipinski definition) is 1. The summed E-state index contributed by atoms with van der Waals surface area (Å²) in [6, 6.07) is 0.416. The predicted molar refractivity (Wildman–Crippen MR) is 73.8 cm³/mol. The molecule has 0 aromatic carbocycles. The van der Waals surface area contributed by atoms with Gasteiger partial charge in [0.05, 0.1) is 22.4 Å². The van der Waals surface area contributed by atoms with Crippen LogP contribution in [0.3, 0.4) is 0 Å². The third-order valence-electron chi connectivity index (χ3n) is 3.99. The fourth-order valence-electron chi connectivity index (χ4n) is 3.15. The Morgan fingerprint density at radius 1 is 1.53 bits per heavy atom. The van der Waals surface area contributed by atoms with Gasteiger partial charge in [0.15, 0.2) is 0 Å². The summed E-state index contributed by atoms with van der Waals surface area (Å²) in [6.07, 6.45) is 7.29. The van der Waals surface area contributed by atoms with Crippen LogP contribution in [0.2, 0.25) is 0 Å². The van der Waals surface area contributed by atoms with E-state index in [-0.39, 0.29) is 0 Å². The molecular formula is C13H22BrN3. The second-order valence-corrected chi connectivity index (χ2v) is 6.15. The lowest BCUT2D eigenvalue weighted by atomic mass is 9.78. The van der Waals surface area contributed by atoms with Gasteiger partial charge in [0.25, 0.3) is 0 Å². The lowest BCUT2D eigenvalue weighted by molar-refractivity contribution is 0.224. The van der Waals surface area contributed by atoms with E-state index >= 15 is 0 Å². The molecule has 1 aliphatic rings. The highest BCUT2D eigenvalue weighted by Crippen LogP contribution is 2.38. The number of aromatic nitrogens is 2. The Balaban J connectivity index is 2.21. The van der Waals surface area contributed by atoms with Gasteiger partial charge in [-0.15, -0.1) is 0 Å². The molecule has 1 saturated carbocycles. The van der Waals surface area contributed by atoms with Gasteiger partial charge in [-0.3, -0.25) is 4.68 Å². The first-order valence-electron chi connectivity index (χ1n) is 6.48. The molecular weight excluding hydrogens is 278 g/mol. The van der Waals surface area contributed by atoms with E-state index in [0.29, 0.717) is 6.04 Å². The normalized spacial score (nSPS) is 27.1. The maximum absolute atomic E-state index is 4.33. The van der Waals surface area contributed by atoms with Crippen molar-refractivity contribution in [3.8, 4) is 0 Å². The Bertz CT molecular complexity index is 355. The van der Waals surface area contributed by atoms with E-state index in [1.54, 1.807) is 0 Å². The Kier molecular flexibility index (Phi) is 4.26. The van der Waals surface area contributed by atoms with Crippen LogP contribution in [0.4, 0.5) is 0 Å². The maximum Gasteiger partial charge on any atom is 0.0695 e. The monoisotopic (exact) mass is 299 g/mol. The standard InChI is InChI=1S/C13H22BrN3/c1-9-5-4-6-10(7-9)12(15-2)13-11(14)8-16-17(13)3/h8-10,12,15H,4-7H2,1-3H3. The smallest absolute Gasteiger partial charge is 0.0695 e. The Labute approximate surface area is 112 Å². The van der Waals surface area contributed by atoms with Crippen LogP contribution in [0.5, 0.6) is 0 Å². The van der Waals surface area contributed by atoms with Crippen molar-refractivity contribution in [2.75, 3.05) is 7.05 Å². The van der Waals surface area contributed by atoms with E-state index < -0.39 is 0 Å². The van der Waals surface area contributed by atoms with Crippen molar-refractivity contribution in [1.82, 2.24) is 15.1 Å². The van der Waals surface area contributed by atoms with Gasteiger partial charge in [-0.1, -0.05) is 19.8 Å². The zero-order valence-electron chi connectivity index (χ0n) is 10.9. The van der Waals surface area contributed by atoms with Gasteiger partial charge in [-0.05, 0) is 47.7 Å². The molecule has 1 fully saturated rings. The Morgan fingerprint density at radius 3 is 2.82 bits per heavy atom. The summed E-state index contributed by atoms with van der Waals surface area (Å²) < 4.78 is 3.11. The van der Waals surface area contributed by atoms with Crippen LogP contribution in [0, 0.1) is 11.8 Å². The molecule has 2 rings (SSSR count). The van der Waals surface area contributed by atoms with Gasteiger partial charge < -0.3 is 5.32 Å². The van der Waals surface area contributed by atoms with Crippen molar-refractivity contribution in [3.05, 3.63) is 16.4 Å². The summed E-state index contributed by atoms with van der Waals surface area (Å²) in [7, 11) is 4.08. The van der Waals surface area contributed by atoms with Gasteiger partial charge in [0.2, 0.25) is 0 Å². The molecule has 0 spiro atoms. The quantitative estimate of drug-likeness (QED) is 0.928. The predicted octanol–water partition coefficient (Wildman–Crippen LogP) is 3.27. The summed E-state index contributed by atoms with van der Waals surface area (Å²) in [5.74, 6) is 1.59. The van der Waals surface area contributed by atoms with Crippen LogP contribution in [0.15, 0.2) is 10.7 Å². The highest BCUT2D eigenvalue weighted by atomic mass is 79.9. The molecule has 4 heteroatoms. The zero-order chi connectivity index (χ0) is 12.4. The zero-order valence-corrected chi connectivity index (χ0v) is 12.5. The number of nitrogens with one attached hydrogen (secondary N) is 1. The first-order chi connectivity index (χ1) is 8.13. The molecule has 0 bridgehead atoms. The molecule has 0 aliphatic heterocycles. The average Bonchev–Trinajstić information content (AvgIpc) is 2.62. The van der Waals surface area contributed by atoms with Crippen LogP contribution < -0.4 is 5.32 Å². The number of nitrogens with zero attached hydrogens (tertiary/aromatic N) is 2. The van der Waals surface area contributed by atoms with Crippen LogP contribution >= 0.6 is 15.9 Å². The number of aryl methyl sites for hydroxylation is 1. The maximum atomic E-state index is 4.33. The minimum Gasteiger partial charge on any atom is -0.311 e. The van der Waals surface area contributed by atoms with Crippen molar-refractivity contribution in [2.45, 2.75) is 38.6 Å². The first-order valence-corrected chi connectivity index (χ1v) is 7.27. The van der Waals surface area contributed by atoms with Crippen LogP contribution in [-0.2, 0) is 7.05 Å². The molecule has 0 amide bonds. The number of hydrogen-bond acceptors (Lipinski definition) is 2. The SMILES string of the molecule is CNC(c1c(Br)cnn1C)C1CCCC(C)C1. The van der Waals surface area contributed by atoms with Gasteiger partial charge in [0, 0.05) is 7.05 Å². The van der Waals surface area contributed by atoms with E-state index in [4.69, 9.17) is 0 Å². The summed E-state index contributed by atoms with van der Waals surface area (Å²) >= 11 is 3.62. The van der Waals surface area contributed by atoms with E-state index in [0.717, 1.165) is 16.3 Å².